The standard InChI is InChI=1S/C29H60NO3P/c1-6-8-9-10-11-12-13-14-15-16-17-18-19-20-21-22-23-24-25-26-27-28-33-34(31,32)29(7-2)30(3,4)5/h15-16,29H,6-14,17-28H2,1-5H3/p+1. The largest absolute Gasteiger partial charge is 0.385 e. The molecule has 0 fully saturated rings. The van der Waals surface area contributed by atoms with E-state index in [1.807, 2.05) is 28.1 Å². The lowest BCUT2D eigenvalue weighted by Crippen LogP contribution is -2.44. The van der Waals surface area contributed by atoms with E-state index in [2.05, 4.69) is 19.1 Å². The molecular weight excluding hydrogens is 441 g/mol. The summed E-state index contributed by atoms with van der Waals surface area (Å²) in [6, 6.07) is 0. The summed E-state index contributed by atoms with van der Waals surface area (Å²) in [6.07, 6.45) is 30.3. The molecule has 0 bridgehead atoms. The van der Waals surface area contributed by atoms with Gasteiger partial charge in [-0.3, -0.25) is 4.57 Å². The zero-order valence-corrected chi connectivity index (χ0v) is 24.6. The molecule has 0 heterocycles. The second-order valence-corrected chi connectivity index (χ2v) is 13.1. The van der Waals surface area contributed by atoms with Gasteiger partial charge in [0.05, 0.1) is 27.7 Å². The third-order valence-electron chi connectivity index (χ3n) is 6.82. The molecule has 0 spiro atoms. The number of rotatable bonds is 25. The van der Waals surface area contributed by atoms with Gasteiger partial charge in [-0.2, -0.15) is 0 Å². The first-order chi connectivity index (χ1) is 16.3. The molecule has 34 heavy (non-hydrogen) atoms. The highest BCUT2D eigenvalue weighted by molar-refractivity contribution is 7.53. The Morgan fingerprint density at radius 1 is 0.676 bits per heavy atom. The minimum Gasteiger partial charge on any atom is -0.320 e. The summed E-state index contributed by atoms with van der Waals surface area (Å²) in [4.78, 5) is 10.3. The van der Waals surface area contributed by atoms with Gasteiger partial charge in [0.15, 0.2) is 5.78 Å². The van der Waals surface area contributed by atoms with E-state index in [9.17, 15) is 9.46 Å². The molecule has 0 radical (unpaired) electrons. The van der Waals surface area contributed by atoms with Crippen LogP contribution >= 0.6 is 7.60 Å². The van der Waals surface area contributed by atoms with Gasteiger partial charge in [0.1, 0.15) is 0 Å². The normalized spacial score (nSPS) is 15.1. The molecule has 1 N–H and O–H groups in total. The Labute approximate surface area is 214 Å². The van der Waals surface area contributed by atoms with Crippen LogP contribution in [0.15, 0.2) is 12.2 Å². The van der Waals surface area contributed by atoms with Gasteiger partial charge >= 0.3 is 7.60 Å². The third-order valence-corrected chi connectivity index (χ3v) is 9.18. The molecule has 2 unspecified atom stereocenters. The number of quaternary nitrogens is 1. The lowest BCUT2D eigenvalue weighted by atomic mass is 10.1. The molecule has 0 amide bonds. The Balaban J connectivity index is 3.40. The van der Waals surface area contributed by atoms with E-state index in [0.717, 1.165) is 12.8 Å². The van der Waals surface area contributed by atoms with Crippen molar-refractivity contribution in [1.29, 1.82) is 0 Å². The van der Waals surface area contributed by atoms with Gasteiger partial charge in [0, 0.05) is 6.42 Å². The van der Waals surface area contributed by atoms with Gasteiger partial charge < -0.3 is 13.9 Å². The van der Waals surface area contributed by atoms with E-state index < -0.39 is 7.60 Å². The van der Waals surface area contributed by atoms with Crippen molar-refractivity contribution in [2.75, 3.05) is 27.7 Å². The van der Waals surface area contributed by atoms with Crippen molar-refractivity contribution >= 4 is 7.60 Å². The average molecular weight is 503 g/mol. The molecule has 204 valence electrons. The van der Waals surface area contributed by atoms with Crippen molar-refractivity contribution in [3.63, 3.8) is 0 Å². The van der Waals surface area contributed by atoms with Gasteiger partial charge in [0.25, 0.3) is 0 Å². The van der Waals surface area contributed by atoms with Crippen molar-refractivity contribution in [1.82, 2.24) is 0 Å². The summed E-state index contributed by atoms with van der Waals surface area (Å²) in [5, 5.41) is 0. The minimum absolute atomic E-state index is 0.349. The number of nitrogens with zero attached hydrogens (tertiary/aromatic N) is 1. The van der Waals surface area contributed by atoms with Gasteiger partial charge in [-0.05, 0) is 32.1 Å². The average Bonchev–Trinajstić information content (AvgIpc) is 2.76. The molecular formula is C29H61NO3P+. The van der Waals surface area contributed by atoms with Crippen molar-refractivity contribution in [2.24, 2.45) is 0 Å². The number of unbranched alkanes of at least 4 members (excludes halogenated alkanes) is 17. The number of allylic oxidation sites excluding steroid dienone is 2. The molecule has 0 aromatic rings. The summed E-state index contributed by atoms with van der Waals surface area (Å²) in [5.74, 6) is -0.349. The smallest absolute Gasteiger partial charge is 0.320 e. The molecule has 0 aliphatic heterocycles. The van der Waals surface area contributed by atoms with E-state index in [-0.39, 0.29) is 5.78 Å². The molecule has 0 aliphatic rings. The van der Waals surface area contributed by atoms with E-state index in [0.29, 0.717) is 17.5 Å². The highest BCUT2D eigenvalue weighted by atomic mass is 31.2. The fraction of sp³-hybridized carbons (Fsp3) is 0.931. The highest BCUT2D eigenvalue weighted by Crippen LogP contribution is 2.51. The van der Waals surface area contributed by atoms with Crippen molar-refractivity contribution in [2.45, 2.75) is 148 Å². The van der Waals surface area contributed by atoms with Gasteiger partial charge in [-0.25, -0.2) is 0 Å². The van der Waals surface area contributed by atoms with Crippen LogP contribution in [0.3, 0.4) is 0 Å². The van der Waals surface area contributed by atoms with Crippen molar-refractivity contribution in [3.05, 3.63) is 12.2 Å². The summed E-state index contributed by atoms with van der Waals surface area (Å²) in [6.45, 7) is 4.64. The first-order valence-corrected chi connectivity index (χ1v) is 16.3. The molecule has 0 saturated carbocycles. The maximum atomic E-state index is 12.5. The quantitative estimate of drug-likeness (QED) is 0.0585. The van der Waals surface area contributed by atoms with Crippen LogP contribution in [0.2, 0.25) is 0 Å². The molecule has 2 atom stereocenters. The first kappa shape index (κ1) is 33.8. The SMILES string of the molecule is CCCCCCCCCC=CCCCCCCCCCCCCOP(=O)(O)C(CC)[N+](C)(C)C. The monoisotopic (exact) mass is 502 g/mol. The second kappa shape index (κ2) is 22.1. The van der Waals surface area contributed by atoms with Crippen molar-refractivity contribution < 1.29 is 18.5 Å². The van der Waals surface area contributed by atoms with Gasteiger partial charge in [0.2, 0.25) is 0 Å². The van der Waals surface area contributed by atoms with Crippen LogP contribution in [0.4, 0.5) is 0 Å². The van der Waals surface area contributed by atoms with Crippen LogP contribution in [0.5, 0.6) is 0 Å². The minimum atomic E-state index is -3.55. The first-order valence-electron chi connectivity index (χ1n) is 14.7. The number of hydrogen-bond donors (Lipinski definition) is 1. The summed E-state index contributed by atoms with van der Waals surface area (Å²) in [5.41, 5.74) is 0. The van der Waals surface area contributed by atoms with Crippen LogP contribution in [-0.4, -0.2) is 42.9 Å². The van der Waals surface area contributed by atoms with Crippen LogP contribution in [-0.2, 0) is 9.09 Å². The zero-order chi connectivity index (χ0) is 25.5. The van der Waals surface area contributed by atoms with Gasteiger partial charge in [-0.1, -0.05) is 116 Å². The molecule has 0 aromatic carbocycles. The van der Waals surface area contributed by atoms with Crippen LogP contribution < -0.4 is 0 Å². The molecule has 0 rings (SSSR count). The lowest BCUT2D eigenvalue weighted by Gasteiger charge is -2.35. The molecule has 5 heteroatoms. The Hall–Kier alpha value is -0.150. The second-order valence-electron chi connectivity index (χ2n) is 11.1. The molecule has 0 saturated heterocycles. The van der Waals surface area contributed by atoms with E-state index in [4.69, 9.17) is 4.52 Å². The summed E-state index contributed by atoms with van der Waals surface area (Å²) >= 11 is 0. The van der Waals surface area contributed by atoms with E-state index in [1.165, 1.54) is 109 Å². The highest BCUT2D eigenvalue weighted by Gasteiger charge is 2.41. The Bertz CT molecular complexity index is 516. The third kappa shape index (κ3) is 20.1. The van der Waals surface area contributed by atoms with Crippen molar-refractivity contribution in [3.8, 4) is 0 Å². The Morgan fingerprint density at radius 2 is 1.06 bits per heavy atom. The van der Waals surface area contributed by atoms with E-state index in [1.54, 1.807) is 0 Å². The maximum Gasteiger partial charge on any atom is 0.385 e. The maximum absolute atomic E-state index is 12.5. The summed E-state index contributed by atoms with van der Waals surface area (Å²) < 4.78 is 18.4. The zero-order valence-electron chi connectivity index (χ0n) is 23.7. The van der Waals surface area contributed by atoms with Crippen LogP contribution in [0, 0.1) is 0 Å². The predicted octanol–water partition coefficient (Wildman–Crippen LogP) is 9.62. The predicted molar refractivity (Wildman–Crippen MR) is 150 cm³/mol. The van der Waals surface area contributed by atoms with E-state index >= 15 is 0 Å². The Morgan fingerprint density at radius 3 is 1.44 bits per heavy atom. The Kier molecular flexibility index (Phi) is 22.0. The topological polar surface area (TPSA) is 46.5 Å². The molecule has 4 nitrogen and oxygen atoms in total. The fourth-order valence-corrected chi connectivity index (χ4v) is 6.63. The van der Waals surface area contributed by atoms with Crippen LogP contribution in [0.25, 0.3) is 0 Å². The fourth-order valence-electron chi connectivity index (χ4n) is 4.73. The number of hydrogen-bond acceptors (Lipinski definition) is 2. The van der Waals surface area contributed by atoms with Gasteiger partial charge in [-0.15, -0.1) is 0 Å². The lowest BCUT2D eigenvalue weighted by molar-refractivity contribution is -0.883. The molecule has 0 aliphatic carbocycles. The summed E-state index contributed by atoms with van der Waals surface area (Å²) in [7, 11) is 2.31. The van der Waals surface area contributed by atoms with Crippen LogP contribution in [0.1, 0.15) is 142 Å². The molecule has 0 aromatic heterocycles.